The van der Waals surface area contributed by atoms with E-state index in [9.17, 15) is 76.0 Å². The highest BCUT2D eigenvalue weighted by molar-refractivity contribution is 5.81. The Morgan fingerprint density at radius 2 is 1.23 bits per heavy atom. The van der Waals surface area contributed by atoms with Crippen LogP contribution in [0.25, 0.3) is 0 Å². The van der Waals surface area contributed by atoms with Crippen LogP contribution in [0, 0.1) is 40.4 Å². The molecule has 0 aromatic heterocycles. The number of Topliss-reactive ketones (excluding diaryl/α,β-unsaturated/α-hetero) is 1. The molecule has 0 bridgehead atoms. The van der Waals surface area contributed by atoms with Gasteiger partial charge in [0.15, 0.2) is 25.2 Å². The number of allylic oxidation sites excluding steroid dienone is 1. The van der Waals surface area contributed by atoms with Gasteiger partial charge in [0.25, 0.3) is 0 Å². The van der Waals surface area contributed by atoms with Gasteiger partial charge < -0.3 is 109 Å². The van der Waals surface area contributed by atoms with Crippen LogP contribution < -0.4 is 0 Å². The maximum Gasteiger partial charge on any atom is 0.306 e. The van der Waals surface area contributed by atoms with Gasteiger partial charge >= 0.3 is 5.97 Å². The number of carbonyl (C=O) groups is 2. The van der Waals surface area contributed by atoms with Crippen LogP contribution in [0.3, 0.4) is 0 Å². The van der Waals surface area contributed by atoms with Crippen LogP contribution in [0.2, 0.25) is 0 Å². The van der Waals surface area contributed by atoms with E-state index in [0.717, 1.165) is 18.4 Å². The highest BCUT2D eigenvalue weighted by atomic mass is 16.8. The average Bonchev–Trinajstić information content (AvgIpc) is 3.73. The predicted octanol–water partition coefficient (Wildman–Crippen LogP) is -3.23. The zero-order valence-electron chi connectivity index (χ0n) is 43.2. The van der Waals surface area contributed by atoms with Crippen molar-refractivity contribution in [3.05, 3.63) is 11.6 Å². The molecule has 4 aliphatic heterocycles. The predicted molar refractivity (Wildman–Crippen MR) is 252 cm³/mol. The Morgan fingerprint density at radius 1 is 0.667 bits per heavy atom. The van der Waals surface area contributed by atoms with Crippen LogP contribution in [-0.2, 0) is 52.2 Å². The first-order valence-corrected chi connectivity index (χ1v) is 26.7. The third kappa shape index (κ3) is 11.5. The van der Waals surface area contributed by atoms with E-state index in [0.29, 0.717) is 38.5 Å². The van der Waals surface area contributed by atoms with E-state index in [4.69, 9.17) is 42.6 Å². The van der Waals surface area contributed by atoms with Crippen LogP contribution in [0.1, 0.15) is 92.4 Å². The number of rotatable bonds is 17. The molecule has 8 rings (SSSR count). The Bertz CT molecular complexity index is 1960. The minimum Gasteiger partial charge on any atom is -0.462 e. The van der Waals surface area contributed by atoms with Crippen LogP contribution in [0.5, 0.6) is 0 Å². The number of hydrogen-bond donors (Lipinski definition) is 13. The van der Waals surface area contributed by atoms with Crippen molar-refractivity contribution in [1.82, 2.24) is 0 Å². The molecule has 24 nitrogen and oxygen atoms in total. The molecule has 430 valence electrons. The molecular weight excluding hydrogens is 997 g/mol. The third-order valence-corrected chi connectivity index (χ3v) is 18.4. The Morgan fingerprint density at radius 3 is 1.85 bits per heavy atom. The summed E-state index contributed by atoms with van der Waals surface area (Å²) in [5.41, 5.74) is 0.437. The highest BCUT2D eigenvalue weighted by Crippen LogP contribution is 2.67. The van der Waals surface area contributed by atoms with Crippen molar-refractivity contribution in [2.24, 2.45) is 40.4 Å². The molecular formula is C51H82O24. The van der Waals surface area contributed by atoms with Crippen molar-refractivity contribution in [1.29, 1.82) is 0 Å². The van der Waals surface area contributed by atoms with E-state index < -0.39 is 172 Å². The highest BCUT2D eigenvalue weighted by Gasteiger charge is 2.64. The molecule has 3 saturated carbocycles. The molecule has 29 atom stereocenters. The van der Waals surface area contributed by atoms with Crippen LogP contribution >= 0.6 is 0 Å². The first-order chi connectivity index (χ1) is 35.5. The van der Waals surface area contributed by atoms with Gasteiger partial charge in [0.1, 0.15) is 103 Å². The Balaban J connectivity index is 0.942. The quantitative estimate of drug-likeness (QED) is 0.0503. The summed E-state index contributed by atoms with van der Waals surface area (Å²) in [6.07, 6.45) is -25.4. The summed E-state index contributed by atoms with van der Waals surface area (Å²) >= 11 is 0. The lowest BCUT2D eigenvalue weighted by molar-refractivity contribution is -0.394. The van der Waals surface area contributed by atoms with E-state index in [1.165, 1.54) is 6.92 Å². The third-order valence-electron chi connectivity index (χ3n) is 18.4. The van der Waals surface area contributed by atoms with Gasteiger partial charge in [0, 0.05) is 6.42 Å². The van der Waals surface area contributed by atoms with Crippen LogP contribution in [0.15, 0.2) is 11.6 Å². The summed E-state index contributed by atoms with van der Waals surface area (Å²) in [5, 5.41) is 136. The second-order valence-corrected chi connectivity index (χ2v) is 23.1. The molecule has 0 amide bonds. The van der Waals surface area contributed by atoms with Crippen molar-refractivity contribution < 1.29 is 119 Å². The minimum atomic E-state index is -1.90. The van der Waals surface area contributed by atoms with Gasteiger partial charge in [-0.25, -0.2) is 0 Å². The van der Waals surface area contributed by atoms with Crippen molar-refractivity contribution in [2.45, 2.75) is 227 Å². The first kappa shape index (κ1) is 59.2. The molecule has 4 saturated heterocycles. The van der Waals surface area contributed by atoms with Crippen LogP contribution in [-0.4, -0.2) is 240 Å². The van der Waals surface area contributed by atoms with E-state index in [-0.39, 0.29) is 47.9 Å². The number of fused-ring (bicyclic) bond motifs is 5. The number of ether oxygens (including phenoxy) is 9. The fourth-order valence-corrected chi connectivity index (χ4v) is 14.0. The van der Waals surface area contributed by atoms with Gasteiger partial charge in [-0.15, -0.1) is 0 Å². The smallest absolute Gasteiger partial charge is 0.306 e. The molecule has 75 heavy (non-hydrogen) atoms. The number of hydrogen-bond acceptors (Lipinski definition) is 24. The summed E-state index contributed by atoms with van der Waals surface area (Å²) in [7, 11) is 0. The zero-order valence-corrected chi connectivity index (χ0v) is 43.2. The molecule has 0 aromatic carbocycles. The van der Waals surface area contributed by atoms with Gasteiger partial charge in [-0.1, -0.05) is 32.4 Å². The molecule has 4 heterocycles. The van der Waals surface area contributed by atoms with E-state index >= 15 is 0 Å². The Hall–Kier alpha value is -1.96. The molecule has 24 heteroatoms. The molecule has 0 radical (unpaired) electrons. The van der Waals surface area contributed by atoms with Gasteiger partial charge in [0.2, 0.25) is 0 Å². The molecule has 0 spiro atoms. The lowest BCUT2D eigenvalue weighted by Crippen LogP contribution is -2.67. The topological polar surface area (TPSA) is 380 Å². The zero-order chi connectivity index (χ0) is 54.6. The molecule has 13 N–H and O–H groups in total. The summed E-state index contributed by atoms with van der Waals surface area (Å²) in [5.74, 6) is -0.754. The lowest BCUT2D eigenvalue weighted by atomic mass is 9.47. The number of ketones is 1. The fourth-order valence-electron chi connectivity index (χ4n) is 14.0. The number of esters is 1. The second kappa shape index (κ2) is 24.0. The Kier molecular flexibility index (Phi) is 18.9. The van der Waals surface area contributed by atoms with Gasteiger partial charge in [0.05, 0.1) is 44.6 Å². The largest absolute Gasteiger partial charge is 0.462 e. The van der Waals surface area contributed by atoms with Crippen molar-refractivity contribution >= 4 is 11.8 Å². The second-order valence-electron chi connectivity index (χ2n) is 23.1. The molecule has 8 aliphatic rings. The maximum atomic E-state index is 13.5. The number of aliphatic hydroxyl groups excluding tert-OH is 13. The standard InChI is InChI=1S/C51H82O24/c1-20(19-67-46-41(64)39(62)35(58)29(16-52)71-46)6-9-32(56)70-28-15-27-25-8-7-23-14-24(10-12-50(23,4)26(25)11-13-51(27,5)33(28)21(2)55)69-49-45(75-47-42(65)38(61)34(57)22(3)68-47)44(37(60)31(18-54)73-49)74-48-43(66)40(63)36(59)30(17-53)72-48/h7,20,22,24-31,33-49,52-54,57-66H,6,8-19H2,1-5H3. The summed E-state index contributed by atoms with van der Waals surface area (Å²) in [6, 6.07) is 0. The van der Waals surface area contributed by atoms with Gasteiger partial charge in [-0.05, 0) is 99.7 Å². The SMILES string of the molecule is CC(=O)C1C(OC(=O)CCC(C)COC2OC(CO)C(O)C(O)C2O)CC2C3CC=C4CC(OC5OC(CO)C(O)C(OC6OC(CO)C(O)C(O)C6O)C5OC5OC(C)C(O)C(O)C5O)CCC4(C)C3CCC21C. The monoisotopic (exact) mass is 1080 g/mol. The maximum absolute atomic E-state index is 13.5. The number of carbonyl (C=O) groups excluding carboxylic acids is 2. The van der Waals surface area contributed by atoms with E-state index in [1.807, 2.05) is 6.92 Å². The van der Waals surface area contributed by atoms with Gasteiger partial charge in [-0.2, -0.15) is 0 Å². The average molecular weight is 1080 g/mol. The molecule has 29 unspecified atom stereocenters. The normalized spacial score (nSPS) is 50.5. The summed E-state index contributed by atoms with van der Waals surface area (Å²) in [4.78, 5) is 27.1. The van der Waals surface area contributed by atoms with Crippen molar-refractivity contribution in [3.8, 4) is 0 Å². The lowest BCUT2D eigenvalue weighted by Gasteiger charge is -2.58. The van der Waals surface area contributed by atoms with Gasteiger partial charge in [-0.3, -0.25) is 9.59 Å². The van der Waals surface area contributed by atoms with E-state index in [2.05, 4.69) is 19.9 Å². The van der Waals surface area contributed by atoms with E-state index in [1.54, 1.807) is 6.92 Å². The summed E-state index contributed by atoms with van der Waals surface area (Å²) in [6.45, 7) is 7.16. The molecule has 4 aliphatic carbocycles. The summed E-state index contributed by atoms with van der Waals surface area (Å²) < 4.78 is 53.9. The minimum absolute atomic E-state index is 0.0368. The molecule has 0 aromatic rings. The fraction of sp³-hybridized carbons (Fsp3) is 0.922. The van der Waals surface area contributed by atoms with Crippen LogP contribution in [0.4, 0.5) is 0 Å². The number of aliphatic hydroxyl groups is 13. The molecule has 7 fully saturated rings. The van der Waals surface area contributed by atoms with Crippen molar-refractivity contribution in [3.63, 3.8) is 0 Å². The van der Waals surface area contributed by atoms with Crippen molar-refractivity contribution in [2.75, 3.05) is 26.4 Å². The Labute approximate surface area is 435 Å². The first-order valence-electron chi connectivity index (χ1n) is 26.7.